The maximum atomic E-state index is 12.1. The van der Waals surface area contributed by atoms with E-state index < -0.39 is 5.97 Å². The Morgan fingerprint density at radius 3 is 2.05 bits per heavy atom. The molecule has 1 aliphatic heterocycles. The number of carboxylic acid groups (broad SMARTS) is 1. The maximum Gasteiger partial charge on any atom is 0.339 e. The molecule has 0 radical (unpaired) electrons. The highest BCUT2D eigenvalue weighted by Crippen LogP contribution is 2.32. The highest BCUT2D eigenvalue weighted by Gasteiger charge is 2.19. The summed E-state index contributed by atoms with van der Waals surface area (Å²) in [5.74, 6) is 0.000442. The van der Waals surface area contributed by atoms with Gasteiger partial charge in [0.1, 0.15) is 17.1 Å². The summed E-state index contributed by atoms with van der Waals surface area (Å²) in [5.41, 5.74) is 1.02. The molecule has 38 heavy (non-hydrogen) atoms. The first-order valence-corrected chi connectivity index (χ1v) is 14.8. The largest absolute Gasteiger partial charge is 0.494 e. The van der Waals surface area contributed by atoms with Crippen LogP contribution >= 0.6 is 0 Å². The van der Waals surface area contributed by atoms with Crippen molar-refractivity contribution in [1.82, 2.24) is 0 Å². The molecule has 0 bridgehead atoms. The second-order valence-corrected chi connectivity index (χ2v) is 10.1. The summed E-state index contributed by atoms with van der Waals surface area (Å²) >= 11 is 0. The summed E-state index contributed by atoms with van der Waals surface area (Å²) < 4.78 is 23.4. The number of rotatable bonds is 23. The Kier molecular flexibility index (Phi) is 17.9. The van der Waals surface area contributed by atoms with E-state index in [0.717, 1.165) is 108 Å². The van der Waals surface area contributed by atoms with Gasteiger partial charge in [0.25, 0.3) is 0 Å². The van der Waals surface area contributed by atoms with Crippen LogP contribution in [0.1, 0.15) is 112 Å². The summed E-state index contributed by atoms with van der Waals surface area (Å²) in [4.78, 5) is 12.1. The smallest absolute Gasteiger partial charge is 0.339 e. The molecule has 0 aromatic heterocycles. The van der Waals surface area contributed by atoms with Gasteiger partial charge in [0.2, 0.25) is 0 Å². The van der Waals surface area contributed by atoms with Crippen LogP contribution in [0.15, 0.2) is 12.1 Å². The van der Waals surface area contributed by atoms with Gasteiger partial charge in [0, 0.05) is 26.4 Å². The van der Waals surface area contributed by atoms with Crippen molar-refractivity contribution >= 4 is 5.97 Å². The van der Waals surface area contributed by atoms with Gasteiger partial charge in [-0.3, -0.25) is 0 Å². The zero-order chi connectivity index (χ0) is 27.3. The molecule has 1 heterocycles. The van der Waals surface area contributed by atoms with Crippen molar-refractivity contribution in [2.24, 2.45) is 0 Å². The van der Waals surface area contributed by atoms with Gasteiger partial charge in [-0.25, -0.2) is 4.79 Å². The first-order chi connectivity index (χ1) is 18.7. The van der Waals surface area contributed by atoms with E-state index in [1.54, 1.807) is 6.07 Å². The van der Waals surface area contributed by atoms with E-state index in [9.17, 15) is 9.90 Å². The van der Waals surface area contributed by atoms with Crippen LogP contribution in [0.25, 0.3) is 0 Å². The summed E-state index contributed by atoms with van der Waals surface area (Å²) in [6, 6.07) is 3.51. The zero-order valence-corrected chi connectivity index (χ0v) is 23.2. The number of aliphatic hydroxyl groups excluding tert-OH is 2. The van der Waals surface area contributed by atoms with Crippen molar-refractivity contribution in [2.45, 2.75) is 109 Å². The molecular weight excluding hydrogens is 488 g/mol. The van der Waals surface area contributed by atoms with Crippen LogP contribution in [0.5, 0.6) is 11.5 Å². The highest BCUT2D eigenvalue weighted by molar-refractivity contribution is 5.92. The molecule has 0 saturated carbocycles. The van der Waals surface area contributed by atoms with E-state index in [0.29, 0.717) is 31.3 Å². The van der Waals surface area contributed by atoms with Crippen LogP contribution in [-0.2, 0) is 15.9 Å². The Bertz CT molecular complexity index is 748. The fourth-order valence-electron chi connectivity index (χ4n) is 4.59. The van der Waals surface area contributed by atoms with Gasteiger partial charge in [-0.15, -0.1) is 0 Å². The summed E-state index contributed by atoms with van der Waals surface area (Å²) in [6.07, 6.45) is 15.0. The molecule has 8 nitrogen and oxygen atoms in total. The molecule has 1 aromatic carbocycles. The van der Waals surface area contributed by atoms with E-state index >= 15 is 0 Å². The normalized spacial score (nSPS) is 15.5. The number of hydrogen-bond acceptors (Lipinski definition) is 7. The van der Waals surface area contributed by atoms with Gasteiger partial charge < -0.3 is 34.3 Å². The number of carboxylic acids is 1. The number of aliphatic hydroxyl groups is 2. The number of benzene rings is 1. The lowest BCUT2D eigenvalue weighted by Crippen LogP contribution is -2.22. The fraction of sp³-hybridized carbons (Fsp3) is 0.767. The van der Waals surface area contributed by atoms with Gasteiger partial charge in [-0.1, -0.05) is 25.7 Å². The van der Waals surface area contributed by atoms with E-state index in [4.69, 9.17) is 29.2 Å². The van der Waals surface area contributed by atoms with Gasteiger partial charge in [0.15, 0.2) is 6.29 Å². The van der Waals surface area contributed by atoms with E-state index in [1.165, 1.54) is 6.42 Å². The second-order valence-electron chi connectivity index (χ2n) is 10.1. The molecule has 1 unspecified atom stereocenters. The summed E-state index contributed by atoms with van der Waals surface area (Å²) in [7, 11) is 0. The predicted molar refractivity (Wildman–Crippen MR) is 147 cm³/mol. The second kappa shape index (κ2) is 21.0. The highest BCUT2D eigenvalue weighted by atomic mass is 16.7. The molecule has 0 spiro atoms. The molecule has 3 N–H and O–H groups in total. The Labute approximate surface area is 228 Å². The molecule has 2 rings (SSSR count). The van der Waals surface area contributed by atoms with Gasteiger partial charge in [-0.05, 0) is 94.7 Å². The lowest BCUT2D eigenvalue weighted by molar-refractivity contribution is -0.162. The number of carbonyl (C=O) groups is 1. The summed E-state index contributed by atoms with van der Waals surface area (Å²) in [5, 5.41) is 27.8. The molecular formula is C30H50O8. The lowest BCUT2D eigenvalue weighted by Gasteiger charge is -2.22. The number of hydrogen-bond donors (Lipinski definition) is 3. The van der Waals surface area contributed by atoms with Crippen LogP contribution < -0.4 is 9.47 Å². The average molecular weight is 539 g/mol. The molecule has 1 fully saturated rings. The third-order valence-corrected chi connectivity index (χ3v) is 6.77. The van der Waals surface area contributed by atoms with Crippen molar-refractivity contribution in [3.05, 3.63) is 23.3 Å². The minimum absolute atomic E-state index is 0.0426. The van der Waals surface area contributed by atoms with Crippen LogP contribution in [0.2, 0.25) is 0 Å². The molecule has 1 aromatic rings. The third-order valence-electron chi connectivity index (χ3n) is 6.77. The van der Waals surface area contributed by atoms with Crippen molar-refractivity contribution in [2.75, 3.05) is 39.6 Å². The lowest BCUT2D eigenvalue weighted by atomic mass is 10.0. The Hall–Kier alpha value is -1.87. The quantitative estimate of drug-likeness (QED) is 0.148. The van der Waals surface area contributed by atoms with Crippen LogP contribution in [-0.4, -0.2) is 67.2 Å². The minimum atomic E-state index is -1.02. The molecule has 8 heteroatoms. The minimum Gasteiger partial charge on any atom is -0.494 e. The van der Waals surface area contributed by atoms with Gasteiger partial charge in [0.05, 0.1) is 13.2 Å². The number of unbranched alkanes of at least 4 members (excludes halogenated alkanes) is 9. The molecule has 218 valence electrons. The molecule has 0 amide bonds. The standard InChI is InChI=1S/C30H50O8/c31-17-9-2-5-11-19-35-26-23-25(15-7-1-4-12-20-36-28-16-8-14-21-37-28)29(27(24-26)30(33)34)38-22-13-6-3-10-18-32/h23-24,28,31-32H,1-22H2,(H,33,34). The molecule has 1 saturated heterocycles. The van der Waals surface area contributed by atoms with Crippen molar-refractivity contribution in [1.29, 1.82) is 0 Å². The topological polar surface area (TPSA) is 115 Å². The Balaban J connectivity index is 1.90. The SMILES string of the molecule is O=C(O)c1cc(OCCCCCCO)cc(CCCCCCOC2CCCCO2)c1OCCCCCCO. The Morgan fingerprint density at radius 1 is 0.789 bits per heavy atom. The summed E-state index contributed by atoms with van der Waals surface area (Å²) in [6.45, 7) is 2.86. The van der Waals surface area contributed by atoms with E-state index in [-0.39, 0.29) is 25.1 Å². The van der Waals surface area contributed by atoms with Gasteiger partial charge >= 0.3 is 5.97 Å². The molecule has 1 atom stereocenters. The van der Waals surface area contributed by atoms with E-state index in [2.05, 4.69) is 0 Å². The first kappa shape index (κ1) is 32.3. The number of aromatic carboxylic acids is 1. The van der Waals surface area contributed by atoms with Crippen molar-refractivity contribution in [3.63, 3.8) is 0 Å². The van der Waals surface area contributed by atoms with Gasteiger partial charge in [-0.2, -0.15) is 0 Å². The van der Waals surface area contributed by atoms with Crippen molar-refractivity contribution < 1.29 is 39.1 Å². The van der Waals surface area contributed by atoms with Crippen LogP contribution in [0.4, 0.5) is 0 Å². The average Bonchev–Trinajstić information content (AvgIpc) is 2.93. The molecule has 0 aliphatic carbocycles. The zero-order valence-electron chi connectivity index (χ0n) is 23.2. The predicted octanol–water partition coefficient (Wildman–Crippen LogP) is 5.89. The van der Waals surface area contributed by atoms with Crippen LogP contribution in [0.3, 0.4) is 0 Å². The Morgan fingerprint density at radius 2 is 1.42 bits per heavy atom. The van der Waals surface area contributed by atoms with Crippen molar-refractivity contribution in [3.8, 4) is 11.5 Å². The maximum absolute atomic E-state index is 12.1. The van der Waals surface area contributed by atoms with E-state index in [1.807, 2.05) is 6.07 Å². The fourth-order valence-corrected chi connectivity index (χ4v) is 4.59. The number of aryl methyl sites for hydroxylation is 1. The van der Waals surface area contributed by atoms with Crippen LogP contribution in [0, 0.1) is 0 Å². The third kappa shape index (κ3) is 13.8. The first-order valence-electron chi connectivity index (χ1n) is 14.8. The number of ether oxygens (including phenoxy) is 4. The monoisotopic (exact) mass is 538 g/mol. The molecule has 1 aliphatic rings.